The molecule has 0 aromatic carbocycles. The molecular weight excluding hydrogens is 328 g/mol. The van der Waals surface area contributed by atoms with Crippen LogP contribution in [0.2, 0.25) is 0 Å². The van der Waals surface area contributed by atoms with Gasteiger partial charge in [0.1, 0.15) is 0 Å². The molecule has 1 aliphatic rings. The molecule has 0 saturated carbocycles. The summed E-state index contributed by atoms with van der Waals surface area (Å²) in [5.41, 5.74) is 0. The predicted molar refractivity (Wildman–Crippen MR) is 78.1 cm³/mol. The molecule has 5 nitrogen and oxygen atoms in total. The number of thiophene rings is 1. The van der Waals surface area contributed by atoms with E-state index in [1.54, 1.807) is 11.3 Å². The molecule has 1 N–H and O–H groups in total. The lowest BCUT2D eigenvalue weighted by atomic mass is 10.2. The minimum absolute atomic E-state index is 0.500. The zero-order valence-electron chi connectivity index (χ0n) is 10.6. The third kappa shape index (κ3) is 3.05. The van der Waals surface area contributed by atoms with E-state index in [0.717, 1.165) is 34.8 Å². The van der Waals surface area contributed by atoms with Crippen molar-refractivity contribution in [2.75, 3.05) is 19.6 Å². The Balaban J connectivity index is 1.71. The monoisotopic (exact) mass is 342 g/mol. The number of nitrogens with one attached hydrogen (secondary N) is 1. The number of hydrogen-bond acceptors (Lipinski definition) is 6. The van der Waals surface area contributed by atoms with Crippen LogP contribution < -0.4 is 5.32 Å². The zero-order valence-corrected chi connectivity index (χ0v) is 13.0. The molecule has 0 spiro atoms. The number of halogens is 1. The number of nitrogens with zero attached hydrogens (tertiary/aromatic N) is 3. The normalized spacial score (nSPS) is 20.8. The van der Waals surface area contributed by atoms with Crippen molar-refractivity contribution in [2.45, 2.75) is 19.5 Å². The van der Waals surface area contributed by atoms with Crippen LogP contribution in [0.3, 0.4) is 0 Å². The fourth-order valence-electron chi connectivity index (χ4n) is 2.15. The molecular formula is C12H15BrN4OS. The van der Waals surface area contributed by atoms with Crippen LogP contribution >= 0.6 is 27.3 Å². The molecule has 7 heteroatoms. The Labute approximate surface area is 124 Å². The van der Waals surface area contributed by atoms with Crippen LogP contribution in [-0.4, -0.2) is 40.7 Å². The molecule has 102 valence electrons. The summed E-state index contributed by atoms with van der Waals surface area (Å²) in [7, 11) is 0. The molecule has 0 aliphatic carbocycles. The van der Waals surface area contributed by atoms with Gasteiger partial charge in [-0.2, -0.15) is 4.98 Å². The predicted octanol–water partition coefficient (Wildman–Crippen LogP) is 2.35. The minimum atomic E-state index is 0.500. The van der Waals surface area contributed by atoms with Gasteiger partial charge in [-0.25, -0.2) is 0 Å². The summed E-state index contributed by atoms with van der Waals surface area (Å²) in [6, 6.07) is 4.49. The second kappa shape index (κ2) is 5.70. The molecule has 1 fully saturated rings. The highest BCUT2D eigenvalue weighted by molar-refractivity contribution is 9.11. The average Bonchev–Trinajstić information content (AvgIpc) is 3.01. The van der Waals surface area contributed by atoms with Crippen LogP contribution in [0.5, 0.6) is 0 Å². The number of aromatic nitrogens is 2. The largest absolute Gasteiger partial charge is 0.338 e. The molecule has 3 heterocycles. The molecule has 0 bridgehead atoms. The second-order valence-electron chi connectivity index (χ2n) is 4.64. The van der Waals surface area contributed by atoms with Crippen molar-refractivity contribution in [1.82, 2.24) is 20.4 Å². The summed E-state index contributed by atoms with van der Waals surface area (Å²) in [5, 5.41) is 7.42. The third-order valence-corrected chi connectivity index (χ3v) is 4.86. The Morgan fingerprint density at radius 2 is 2.47 bits per heavy atom. The number of piperazine rings is 1. The van der Waals surface area contributed by atoms with Crippen LogP contribution in [-0.2, 0) is 6.54 Å². The Morgan fingerprint density at radius 3 is 3.21 bits per heavy atom. The highest BCUT2D eigenvalue weighted by Gasteiger charge is 2.20. The number of hydrogen-bond donors (Lipinski definition) is 1. The van der Waals surface area contributed by atoms with E-state index >= 15 is 0 Å². The van der Waals surface area contributed by atoms with Crippen molar-refractivity contribution in [2.24, 2.45) is 0 Å². The fourth-order valence-corrected chi connectivity index (χ4v) is 3.46. The van der Waals surface area contributed by atoms with Crippen molar-refractivity contribution in [3.05, 3.63) is 21.8 Å². The first kappa shape index (κ1) is 13.2. The highest BCUT2D eigenvalue weighted by Crippen LogP contribution is 2.29. The van der Waals surface area contributed by atoms with Crippen molar-refractivity contribution in [3.63, 3.8) is 0 Å². The number of rotatable bonds is 3. The standard InChI is InChI=1S/C12H15BrN4OS/c1-8-6-14-4-5-17(8)7-11-15-12(16-18-11)9-2-3-10(13)19-9/h2-3,8,14H,4-7H2,1H3/t8-/m1/s1. The Bertz CT molecular complexity index is 555. The van der Waals surface area contributed by atoms with Crippen LogP contribution in [0, 0.1) is 0 Å². The lowest BCUT2D eigenvalue weighted by Crippen LogP contribution is -2.49. The maximum Gasteiger partial charge on any atom is 0.241 e. The van der Waals surface area contributed by atoms with E-state index in [9.17, 15) is 0 Å². The summed E-state index contributed by atoms with van der Waals surface area (Å²) < 4.78 is 6.42. The van der Waals surface area contributed by atoms with Gasteiger partial charge in [0.25, 0.3) is 0 Å². The van der Waals surface area contributed by atoms with E-state index in [4.69, 9.17) is 4.52 Å². The van der Waals surface area contributed by atoms with Gasteiger partial charge >= 0.3 is 0 Å². The second-order valence-corrected chi connectivity index (χ2v) is 7.10. The molecule has 2 aromatic rings. The van der Waals surface area contributed by atoms with E-state index in [2.05, 4.69) is 43.2 Å². The summed E-state index contributed by atoms with van der Waals surface area (Å²) >= 11 is 5.05. The molecule has 1 saturated heterocycles. The maximum absolute atomic E-state index is 5.35. The molecule has 1 aliphatic heterocycles. The van der Waals surface area contributed by atoms with Crippen molar-refractivity contribution < 1.29 is 4.52 Å². The van der Waals surface area contributed by atoms with Gasteiger partial charge in [-0.05, 0) is 35.0 Å². The van der Waals surface area contributed by atoms with E-state index in [1.165, 1.54) is 0 Å². The first-order chi connectivity index (χ1) is 9.22. The van der Waals surface area contributed by atoms with Gasteiger partial charge < -0.3 is 9.84 Å². The zero-order chi connectivity index (χ0) is 13.2. The third-order valence-electron chi connectivity index (χ3n) is 3.24. The summed E-state index contributed by atoms with van der Waals surface area (Å²) in [6.07, 6.45) is 0. The maximum atomic E-state index is 5.35. The van der Waals surface area contributed by atoms with Gasteiger partial charge in [-0.15, -0.1) is 11.3 Å². The summed E-state index contributed by atoms with van der Waals surface area (Å²) in [6.45, 7) is 5.98. The molecule has 0 radical (unpaired) electrons. The van der Waals surface area contributed by atoms with Crippen LogP contribution in [0.1, 0.15) is 12.8 Å². The fraction of sp³-hybridized carbons (Fsp3) is 0.500. The van der Waals surface area contributed by atoms with Crippen molar-refractivity contribution in [1.29, 1.82) is 0 Å². The SMILES string of the molecule is C[C@@H]1CNCCN1Cc1nc(-c2ccc(Br)s2)no1. The first-order valence-corrected chi connectivity index (χ1v) is 7.86. The van der Waals surface area contributed by atoms with Crippen LogP contribution in [0.4, 0.5) is 0 Å². The van der Waals surface area contributed by atoms with Crippen molar-refractivity contribution >= 4 is 27.3 Å². The van der Waals surface area contributed by atoms with Gasteiger partial charge in [0.2, 0.25) is 11.7 Å². The van der Waals surface area contributed by atoms with Crippen LogP contribution in [0.25, 0.3) is 10.7 Å². The molecule has 1 atom stereocenters. The lowest BCUT2D eigenvalue weighted by molar-refractivity contribution is 0.146. The van der Waals surface area contributed by atoms with Crippen LogP contribution in [0.15, 0.2) is 20.4 Å². The van der Waals surface area contributed by atoms with Gasteiger partial charge in [0.15, 0.2) is 0 Å². The van der Waals surface area contributed by atoms with E-state index < -0.39 is 0 Å². The Kier molecular flexibility index (Phi) is 3.97. The van der Waals surface area contributed by atoms with E-state index in [0.29, 0.717) is 17.8 Å². The minimum Gasteiger partial charge on any atom is -0.338 e. The van der Waals surface area contributed by atoms with Crippen molar-refractivity contribution in [3.8, 4) is 10.7 Å². The molecule has 2 aromatic heterocycles. The van der Waals surface area contributed by atoms with Gasteiger partial charge in [-0.1, -0.05) is 5.16 Å². The molecule has 0 unspecified atom stereocenters. The van der Waals surface area contributed by atoms with E-state index in [1.807, 2.05) is 12.1 Å². The Hall–Kier alpha value is -0.760. The quantitative estimate of drug-likeness (QED) is 0.927. The van der Waals surface area contributed by atoms with Gasteiger partial charge in [0.05, 0.1) is 15.2 Å². The van der Waals surface area contributed by atoms with Gasteiger partial charge in [0, 0.05) is 25.7 Å². The summed E-state index contributed by atoms with van der Waals surface area (Å²) in [5.74, 6) is 1.36. The molecule has 19 heavy (non-hydrogen) atoms. The topological polar surface area (TPSA) is 54.2 Å². The first-order valence-electron chi connectivity index (χ1n) is 6.25. The molecule has 0 amide bonds. The summed E-state index contributed by atoms with van der Waals surface area (Å²) in [4.78, 5) is 7.85. The lowest BCUT2D eigenvalue weighted by Gasteiger charge is -2.32. The smallest absolute Gasteiger partial charge is 0.241 e. The Morgan fingerprint density at radius 1 is 1.58 bits per heavy atom. The van der Waals surface area contributed by atoms with E-state index in [-0.39, 0.29) is 0 Å². The molecule has 3 rings (SSSR count). The highest BCUT2D eigenvalue weighted by atomic mass is 79.9. The average molecular weight is 343 g/mol. The van der Waals surface area contributed by atoms with Gasteiger partial charge in [-0.3, -0.25) is 4.90 Å².